The lowest BCUT2D eigenvalue weighted by molar-refractivity contribution is 1.02. The Morgan fingerprint density at radius 3 is 2.83 bits per heavy atom. The molecule has 0 atom stereocenters. The maximum atomic E-state index is 4.20. The molecule has 0 bridgehead atoms. The van der Waals surface area contributed by atoms with Crippen molar-refractivity contribution >= 4 is 5.69 Å². The molecule has 0 aliphatic heterocycles. The third-order valence-electron chi connectivity index (χ3n) is 3.60. The van der Waals surface area contributed by atoms with Crippen molar-refractivity contribution in [2.24, 2.45) is 0 Å². The Hall–Kier alpha value is -1.77. The molecule has 1 aromatic heterocycles. The molecule has 3 heteroatoms. The summed E-state index contributed by atoms with van der Waals surface area (Å²) < 4.78 is 0. The summed E-state index contributed by atoms with van der Waals surface area (Å²) in [4.78, 5) is 0. The second kappa shape index (κ2) is 4.48. The van der Waals surface area contributed by atoms with Crippen LogP contribution in [0.25, 0.3) is 0 Å². The van der Waals surface area contributed by atoms with Crippen molar-refractivity contribution in [1.29, 1.82) is 0 Å². The van der Waals surface area contributed by atoms with Gasteiger partial charge < -0.3 is 5.32 Å². The van der Waals surface area contributed by atoms with Crippen molar-refractivity contribution in [3.8, 4) is 0 Å². The normalized spacial score (nSPS) is 14.8. The molecule has 3 rings (SSSR count). The minimum atomic E-state index is 0.822. The molecule has 2 aromatic rings. The van der Waals surface area contributed by atoms with E-state index in [2.05, 4.69) is 39.8 Å². The molecule has 1 saturated carbocycles. The van der Waals surface area contributed by atoms with Gasteiger partial charge in [0.2, 0.25) is 0 Å². The molecule has 18 heavy (non-hydrogen) atoms. The van der Waals surface area contributed by atoms with Crippen molar-refractivity contribution in [3.63, 3.8) is 0 Å². The summed E-state index contributed by atoms with van der Waals surface area (Å²) in [7, 11) is 0. The Bertz CT molecular complexity index is 533. The fourth-order valence-corrected chi connectivity index (χ4v) is 2.38. The number of H-pyrrole nitrogens is 1. The monoisotopic (exact) mass is 241 g/mol. The SMILES string of the molecule is Cc1n[nH]c(C)c1NCc1cccc(C2CC2)c1. The molecule has 2 N–H and O–H groups in total. The number of aryl methyl sites for hydroxylation is 2. The molecular weight excluding hydrogens is 222 g/mol. The van der Waals surface area contributed by atoms with Crippen LogP contribution < -0.4 is 5.32 Å². The number of aromatic amines is 1. The highest BCUT2D eigenvalue weighted by atomic mass is 15.1. The van der Waals surface area contributed by atoms with Crippen molar-refractivity contribution in [1.82, 2.24) is 10.2 Å². The van der Waals surface area contributed by atoms with E-state index in [0.717, 1.165) is 29.5 Å². The number of anilines is 1. The quantitative estimate of drug-likeness (QED) is 0.860. The summed E-state index contributed by atoms with van der Waals surface area (Å²) >= 11 is 0. The first-order valence-electron chi connectivity index (χ1n) is 6.58. The Kier molecular flexibility index (Phi) is 2.82. The van der Waals surface area contributed by atoms with E-state index >= 15 is 0 Å². The van der Waals surface area contributed by atoms with Gasteiger partial charge in [-0.3, -0.25) is 5.10 Å². The molecule has 0 saturated heterocycles. The number of benzene rings is 1. The van der Waals surface area contributed by atoms with Crippen molar-refractivity contribution in [2.75, 3.05) is 5.32 Å². The fraction of sp³-hybridized carbons (Fsp3) is 0.400. The van der Waals surface area contributed by atoms with Crippen molar-refractivity contribution in [3.05, 3.63) is 46.8 Å². The van der Waals surface area contributed by atoms with Crippen LogP contribution in [-0.2, 0) is 6.54 Å². The third kappa shape index (κ3) is 2.26. The second-order valence-electron chi connectivity index (χ2n) is 5.18. The maximum Gasteiger partial charge on any atom is 0.0825 e. The molecule has 1 aliphatic carbocycles. The van der Waals surface area contributed by atoms with Gasteiger partial charge in [-0.2, -0.15) is 5.10 Å². The summed E-state index contributed by atoms with van der Waals surface area (Å²) in [5, 5.41) is 10.7. The first-order valence-corrected chi connectivity index (χ1v) is 6.58. The van der Waals surface area contributed by atoms with Crippen molar-refractivity contribution in [2.45, 2.75) is 39.2 Å². The van der Waals surface area contributed by atoms with Crippen LogP contribution in [0.1, 0.15) is 41.3 Å². The van der Waals surface area contributed by atoms with Gasteiger partial charge in [0.05, 0.1) is 17.1 Å². The van der Waals surface area contributed by atoms with Gasteiger partial charge in [0.25, 0.3) is 0 Å². The van der Waals surface area contributed by atoms with E-state index < -0.39 is 0 Å². The smallest absolute Gasteiger partial charge is 0.0825 e. The second-order valence-corrected chi connectivity index (χ2v) is 5.18. The lowest BCUT2D eigenvalue weighted by atomic mass is 10.1. The van der Waals surface area contributed by atoms with Crippen molar-refractivity contribution < 1.29 is 0 Å². The molecule has 0 amide bonds. The molecule has 1 aliphatic rings. The summed E-state index contributed by atoms with van der Waals surface area (Å²) in [6.45, 7) is 4.93. The van der Waals surface area contributed by atoms with E-state index in [9.17, 15) is 0 Å². The lowest BCUT2D eigenvalue weighted by Crippen LogP contribution is -2.01. The summed E-state index contributed by atoms with van der Waals surface area (Å²) in [6, 6.07) is 8.92. The number of hydrogen-bond donors (Lipinski definition) is 2. The summed E-state index contributed by atoms with van der Waals surface area (Å²) in [5.41, 5.74) is 6.11. The Morgan fingerprint density at radius 2 is 2.17 bits per heavy atom. The fourth-order valence-electron chi connectivity index (χ4n) is 2.38. The van der Waals surface area contributed by atoms with Crippen LogP contribution in [0.3, 0.4) is 0 Å². The van der Waals surface area contributed by atoms with Crippen LogP contribution in [0, 0.1) is 13.8 Å². The van der Waals surface area contributed by atoms with E-state index in [1.54, 1.807) is 0 Å². The number of nitrogens with one attached hydrogen (secondary N) is 2. The van der Waals surface area contributed by atoms with Gasteiger partial charge in [0.15, 0.2) is 0 Å². The standard InChI is InChI=1S/C15H19N3/c1-10-15(11(2)18-17-10)16-9-12-4-3-5-14(8-12)13-6-7-13/h3-5,8,13,16H,6-7,9H2,1-2H3,(H,17,18). The highest BCUT2D eigenvalue weighted by molar-refractivity contribution is 5.51. The van der Waals surface area contributed by atoms with E-state index in [4.69, 9.17) is 0 Å². The number of rotatable bonds is 4. The average molecular weight is 241 g/mol. The number of nitrogens with zero attached hydrogens (tertiary/aromatic N) is 1. The largest absolute Gasteiger partial charge is 0.378 e. The topological polar surface area (TPSA) is 40.7 Å². The number of hydrogen-bond acceptors (Lipinski definition) is 2. The van der Waals surface area contributed by atoms with Crippen LogP contribution in [0.5, 0.6) is 0 Å². The molecule has 1 aromatic carbocycles. The molecule has 1 fully saturated rings. The van der Waals surface area contributed by atoms with Crippen LogP contribution in [0.4, 0.5) is 5.69 Å². The molecule has 0 spiro atoms. The van der Waals surface area contributed by atoms with Gasteiger partial charge in [-0.15, -0.1) is 0 Å². The van der Waals surface area contributed by atoms with Gasteiger partial charge in [0.1, 0.15) is 0 Å². The highest BCUT2D eigenvalue weighted by Crippen LogP contribution is 2.40. The van der Waals surface area contributed by atoms with Gasteiger partial charge in [-0.05, 0) is 43.7 Å². The molecular formula is C15H19N3. The summed E-state index contributed by atoms with van der Waals surface area (Å²) in [5.74, 6) is 0.822. The van der Waals surface area contributed by atoms with E-state index in [0.29, 0.717) is 0 Å². The Morgan fingerprint density at radius 1 is 1.33 bits per heavy atom. The lowest BCUT2D eigenvalue weighted by Gasteiger charge is -2.08. The number of aromatic nitrogens is 2. The third-order valence-corrected chi connectivity index (χ3v) is 3.60. The maximum absolute atomic E-state index is 4.20. The Labute approximate surface area is 108 Å². The Balaban J connectivity index is 1.71. The predicted octanol–water partition coefficient (Wildman–Crippen LogP) is 3.52. The average Bonchev–Trinajstić information content (AvgIpc) is 3.17. The van der Waals surface area contributed by atoms with Crippen LogP contribution in [0.15, 0.2) is 24.3 Å². The minimum Gasteiger partial charge on any atom is -0.378 e. The zero-order valence-corrected chi connectivity index (χ0v) is 11.0. The molecule has 94 valence electrons. The first-order chi connectivity index (χ1) is 8.74. The van der Waals surface area contributed by atoms with Gasteiger partial charge in [-0.1, -0.05) is 24.3 Å². The molecule has 3 nitrogen and oxygen atoms in total. The highest BCUT2D eigenvalue weighted by Gasteiger charge is 2.23. The zero-order valence-electron chi connectivity index (χ0n) is 11.0. The zero-order chi connectivity index (χ0) is 12.5. The minimum absolute atomic E-state index is 0.822. The van der Waals surface area contributed by atoms with Crippen LogP contribution >= 0.6 is 0 Å². The van der Waals surface area contributed by atoms with Crippen LogP contribution in [-0.4, -0.2) is 10.2 Å². The molecule has 0 radical (unpaired) electrons. The van der Waals surface area contributed by atoms with E-state index in [-0.39, 0.29) is 0 Å². The van der Waals surface area contributed by atoms with Gasteiger partial charge >= 0.3 is 0 Å². The van der Waals surface area contributed by atoms with E-state index in [1.807, 2.05) is 13.8 Å². The molecule has 0 unspecified atom stereocenters. The predicted molar refractivity (Wildman–Crippen MR) is 73.8 cm³/mol. The first kappa shape index (κ1) is 11.3. The van der Waals surface area contributed by atoms with E-state index in [1.165, 1.54) is 24.0 Å². The van der Waals surface area contributed by atoms with Crippen LogP contribution in [0.2, 0.25) is 0 Å². The summed E-state index contributed by atoms with van der Waals surface area (Å²) in [6.07, 6.45) is 2.72. The molecule has 1 heterocycles. The van der Waals surface area contributed by atoms with Gasteiger partial charge in [0, 0.05) is 6.54 Å². The van der Waals surface area contributed by atoms with Gasteiger partial charge in [-0.25, -0.2) is 0 Å².